The van der Waals surface area contributed by atoms with Crippen LogP contribution in [0.25, 0.3) is 11.1 Å². The lowest BCUT2D eigenvalue weighted by atomic mass is 9.82. The molecule has 186 valence electrons. The third kappa shape index (κ3) is 5.84. The number of benzene rings is 2. The molecule has 0 unspecified atom stereocenters. The van der Waals surface area contributed by atoms with Gasteiger partial charge in [0.2, 0.25) is 5.91 Å². The number of ether oxygens (including phenoxy) is 1. The van der Waals surface area contributed by atoms with Crippen LogP contribution in [-0.2, 0) is 14.3 Å². The molecule has 2 aliphatic rings. The molecule has 2 aromatic carbocycles. The molecule has 7 nitrogen and oxygen atoms in total. The Labute approximate surface area is 206 Å². The van der Waals surface area contributed by atoms with E-state index in [1.807, 2.05) is 31.2 Å². The first kappa shape index (κ1) is 24.8. The zero-order valence-corrected chi connectivity index (χ0v) is 20.2. The van der Waals surface area contributed by atoms with Gasteiger partial charge in [0.25, 0.3) is 0 Å². The van der Waals surface area contributed by atoms with Crippen LogP contribution in [0.5, 0.6) is 0 Å². The van der Waals surface area contributed by atoms with Crippen molar-refractivity contribution in [1.82, 2.24) is 10.6 Å². The SMILES string of the molecule is CCC[C@H](NC(=O)OCC1c2ccccc2-c2ccccc21)C(=O)NCC1CCC(C(=O)O)CC1. The third-order valence-corrected chi connectivity index (χ3v) is 7.29. The van der Waals surface area contributed by atoms with Crippen molar-refractivity contribution >= 4 is 18.0 Å². The van der Waals surface area contributed by atoms with Crippen LogP contribution in [-0.4, -0.2) is 42.3 Å². The minimum absolute atomic E-state index is 0.0347. The van der Waals surface area contributed by atoms with Crippen LogP contribution in [0, 0.1) is 11.8 Å². The van der Waals surface area contributed by atoms with Gasteiger partial charge in [0.05, 0.1) is 5.92 Å². The van der Waals surface area contributed by atoms with E-state index in [1.54, 1.807) is 0 Å². The van der Waals surface area contributed by atoms with Crippen LogP contribution in [0.2, 0.25) is 0 Å². The summed E-state index contributed by atoms with van der Waals surface area (Å²) < 4.78 is 5.61. The van der Waals surface area contributed by atoms with Crippen LogP contribution in [0.1, 0.15) is 62.5 Å². The number of carboxylic acids is 1. The molecule has 1 saturated carbocycles. The molecule has 2 aliphatic carbocycles. The molecule has 7 heteroatoms. The van der Waals surface area contributed by atoms with Gasteiger partial charge in [0.15, 0.2) is 0 Å². The van der Waals surface area contributed by atoms with Crippen molar-refractivity contribution in [2.75, 3.05) is 13.2 Å². The number of alkyl carbamates (subject to hydrolysis) is 1. The van der Waals surface area contributed by atoms with Crippen molar-refractivity contribution < 1.29 is 24.2 Å². The number of amides is 2. The van der Waals surface area contributed by atoms with Crippen LogP contribution < -0.4 is 10.6 Å². The number of carboxylic acid groups (broad SMARTS) is 1. The van der Waals surface area contributed by atoms with E-state index >= 15 is 0 Å². The van der Waals surface area contributed by atoms with E-state index in [0.29, 0.717) is 25.8 Å². The maximum absolute atomic E-state index is 12.8. The molecule has 1 fully saturated rings. The largest absolute Gasteiger partial charge is 0.481 e. The number of carbonyl (C=O) groups excluding carboxylic acids is 2. The van der Waals surface area contributed by atoms with Crippen LogP contribution in [0.3, 0.4) is 0 Å². The Kier molecular flexibility index (Phi) is 8.06. The minimum atomic E-state index is -0.734. The molecule has 2 amide bonds. The van der Waals surface area contributed by atoms with Crippen molar-refractivity contribution in [3.8, 4) is 11.1 Å². The highest BCUT2D eigenvalue weighted by Crippen LogP contribution is 2.44. The van der Waals surface area contributed by atoms with Gasteiger partial charge in [-0.05, 0) is 60.3 Å². The molecule has 2 aromatic rings. The zero-order chi connectivity index (χ0) is 24.8. The molecule has 0 spiro atoms. The standard InChI is InChI=1S/C28H34N2O5/c1-2-7-25(26(31)29-16-18-12-14-19(15-13-18)27(32)33)30-28(34)35-17-24-22-10-5-3-8-20(22)21-9-4-6-11-23(21)24/h3-6,8-11,18-19,24-25H,2,7,12-17H2,1H3,(H,29,31)(H,30,34)(H,32,33)/t18?,19?,25-/m0/s1. The van der Waals surface area contributed by atoms with Gasteiger partial charge in [0, 0.05) is 12.5 Å². The van der Waals surface area contributed by atoms with Gasteiger partial charge in [-0.25, -0.2) is 4.79 Å². The fourth-order valence-electron chi connectivity index (χ4n) is 5.32. The van der Waals surface area contributed by atoms with Gasteiger partial charge in [0.1, 0.15) is 12.6 Å². The summed E-state index contributed by atoms with van der Waals surface area (Å²) in [4.78, 5) is 36.6. The number of rotatable bonds is 9. The first-order valence-corrected chi connectivity index (χ1v) is 12.6. The van der Waals surface area contributed by atoms with E-state index < -0.39 is 18.1 Å². The summed E-state index contributed by atoms with van der Waals surface area (Å²) in [5.74, 6) is -0.993. The highest BCUT2D eigenvalue weighted by Gasteiger charge is 2.30. The fourth-order valence-corrected chi connectivity index (χ4v) is 5.32. The monoisotopic (exact) mass is 478 g/mol. The predicted octanol–water partition coefficient (Wildman–Crippen LogP) is 4.70. The number of nitrogens with one attached hydrogen (secondary N) is 2. The Morgan fingerprint density at radius 2 is 1.57 bits per heavy atom. The normalized spacial score (nSPS) is 19.8. The number of hydrogen-bond acceptors (Lipinski definition) is 4. The topological polar surface area (TPSA) is 105 Å². The van der Waals surface area contributed by atoms with Gasteiger partial charge in [-0.1, -0.05) is 61.9 Å². The lowest BCUT2D eigenvalue weighted by molar-refractivity contribution is -0.143. The molecule has 0 bridgehead atoms. The van der Waals surface area contributed by atoms with Crippen molar-refractivity contribution in [1.29, 1.82) is 0 Å². The van der Waals surface area contributed by atoms with Gasteiger partial charge in [-0.15, -0.1) is 0 Å². The molecule has 0 saturated heterocycles. The lowest BCUT2D eigenvalue weighted by Gasteiger charge is -2.27. The van der Waals surface area contributed by atoms with Gasteiger partial charge in [-0.2, -0.15) is 0 Å². The van der Waals surface area contributed by atoms with Gasteiger partial charge < -0.3 is 20.5 Å². The highest BCUT2D eigenvalue weighted by atomic mass is 16.5. The Morgan fingerprint density at radius 3 is 2.14 bits per heavy atom. The molecule has 1 atom stereocenters. The Hall–Kier alpha value is -3.35. The molecule has 0 radical (unpaired) electrons. The van der Waals surface area contributed by atoms with E-state index in [2.05, 4.69) is 34.9 Å². The lowest BCUT2D eigenvalue weighted by Crippen LogP contribution is -2.48. The summed E-state index contributed by atoms with van der Waals surface area (Å²) in [5.41, 5.74) is 4.61. The summed E-state index contributed by atoms with van der Waals surface area (Å²) in [6, 6.07) is 15.7. The number of carbonyl (C=O) groups is 3. The average Bonchev–Trinajstić information content (AvgIpc) is 3.19. The third-order valence-electron chi connectivity index (χ3n) is 7.29. The highest BCUT2D eigenvalue weighted by molar-refractivity contribution is 5.85. The van der Waals surface area contributed by atoms with E-state index in [4.69, 9.17) is 9.84 Å². The minimum Gasteiger partial charge on any atom is -0.481 e. The number of aliphatic carboxylic acids is 1. The van der Waals surface area contributed by atoms with Crippen molar-refractivity contribution in [2.45, 2.75) is 57.4 Å². The Balaban J connectivity index is 1.29. The molecule has 0 aromatic heterocycles. The predicted molar refractivity (Wildman–Crippen MR) is 133 cm³/mol. The van der Waals surface area contributed by atoms with Crippen molar-refractivity contribution in [2.24, 2.45) is 11.8 Å². The van der Waals surface area contributed by atoms with Crippen LogP contribution >= 0.6 is 0 Å². The quantitative estimate of drug-likeness (QED) is 0.485. The molecule has 0 aliphatic heterocycles. The summed E-state index contributed by atoms with van der Waals surface area (Å²) in [7, 11) is 0. The second-order valence-electron chi connectivity index (χ2n) is 9.61. The summed E-state index contributed by atoms with van der Waals surface area (Å²) in [5, 5.41) is 14.8. The molecular formula is C28H34N2O5. The second kappa shape index (κ2) is 11.4. The molecular weight excluding hydrogens is 444 g/mol. The van der Waals surface area contributed by atoms with E-state index in [-0.39, 0.29) is 30.3 Å². The molecule has 3 N–H and O–H groups in total. The van der Waals surface area contributed by atoms with E-state index in [9.17, 15) is 14.4 Å². The number of fused-ring (bicyclic) bond motifs is 3. The Bertz CT molecular complexity index is 1020. The second-order valence-corrected chi connectivity index (χ2v) is 9.61. The maximum atomic E-state index is 12.8. The summed E-state index contributed by atoms with van der Waals surface area (Å²) >= 11 is 0. The molecule has 0 heterocycles. The average molecular weight is 479 g/mol. The molecule has 4 rings (SSSR count). The maximum Gasteiger partial charge on any atom is 0.407 e. The van der Waals surface area contributed by atoms with Crippen molar-refractivity contribution in [3.63, 3.8) is 0 Å². The van der Waals surface area contributed by atoms with Crippen molar-refractivity contribution in [3.05, 3.63) is 59.7 Å². The summed E-state index contributed by atoms with van der Waals surface area (Å²) in [6.45, 7) is 2.66. The first-order valence-electron chi connectivity index (χ1n) is 12.6. The number of hydrogen-bond donors (Lipinski definition) is 3. The smallest absolute Gasteiger partial charge is 0.407 e. The van der Waals surface area contributed by atoms with Crippen LogP contribution in [0.15, 0.2) is 48.5 Å². The molecule has 35 heavy (non-hydrogen) atoms. The zero-order valence-electron chi connectivity index (χ0n) is 20.2. The fraction of sp³-hybridized carbons (Fsp3) is 0.464. The van der Waals surface area contributed by atoms with Gasteiger partial charge in [-0.3, -0.25) is 9.59 Å². The first-order chi connectivity index (χ1) is 17.0. The summed E-state index contributed by atoms with van der Waals surface area (Å²) in [6.07, 6.45) is 3.53. The Morgan fingerprint density at radius 1 is 0.971 bits per heavy atom. The van der Waals surface area contributed by atoms with Crippen LogP contribution in [0.4, 0.5) is 4.79 Å². The van der Waals surface area contributed by atoms with E-state index in [1.165, 1.54) is 0 Å². The van der Waals surface area contributed by atoms with E-state index in [0.717, 1.165) is 41.5 Å². The van der Waals surface area contributed by atoms with Gasteiger partial charge >= 0.3 is 12.1 Å².